The van der Waals surface area contributed by atoms with Crippen molar-refractivity contribution in [2.45, 2.75) is 44.9 Å². The summed E-state index contributed by atoms with van der Waals surface area (Å²) in [5, 5.41) is 6.43. The van der Waals surface area contributed by atoms with Gasteiger partial charge in [-0.1, -0.05) is 31.5 Å². The van der Waals surface area contributed by atoms with E-state index >= 15 is 0 Å². The zero-order chi connectivity index (χ0) is 22.0. The molecule has 1 aromatic heterocycles. The topological polar surface area (TPSA) is 88.5 Å². The Hall–Kier alpha value is -2.58. The first-order valence-electron chi connectivity index (χ1n) is 10.6. The molecule has 9 heteroatoms. The number of fused-ring (bicyclic) bond motifs is 2. The number of imidazole rings is 1. The molecule has 3 amide bonds. The Balaban J connectivity index is 1.43. The van der Waals surface area contributed by atoms with Crippen molar-refractivity contribution in [2.75, 3.05) is 25.0 Å². The van der Waals surface area contributed by atoms with Gasteiger partial charge in [0.15, 0.2) is 6.10 Å². The van der Waals surface area contributed by atoms with Gasteiger partial charge in [0.25, 0.3) is 5.91 Å². The Kier molecular flexibility index (Phi) is 6.20. The number of likely N-dealkylation sites (tertiary alicyclic amines) is 1. The Morgan fingerprint density at radius 3 is 2.81 bits per heavy atom. The quantitative estimate of drug-likeness (QED) is 0.756. The smallest absolute Gasteiger partial charge is 0.321 e. The highest BCUT2D eigenvalue weighted by atomic mass is 35.5. The predicted molar refractivity (Wildman–Crippen MR) is 118 cm³/mol. The fraction of sp³-hybridized carbons (Fsp3) is 0.500. The van der Waals surface area contributed by atoms with E-state index in [0.717, 1.165) is 5.82 Å². The van der Waals surface area contributed by atoms with Gasteiger partial charge in [-0.25, -0.2) is 9.78 Å². The minimum atomic E-state index is -0.672. The van der Waals surface area contributed by atoms with E-state index in [1.54, 1.807) is 35.4 Å². The van der Waals surface area contributed by atoms with Gasteiger partial charge in [0.05, 0.1) is 6.54 Å². The van der Waals surface area contributed by atoms with Crippen molar-refractivity contribution in [2.24, 2.45) is 5.92 Å². The maximum absolute atomic E-state index is 12.7. The SMILES string of the molecule is CC(C)CNC(=O)[C@H]1Cn2ccnc2C2(CCN(C(=O)Nc3cccc(Cl)c3)CC2)O1. The van der Waals surface area contributed by atoms with Crippen LogP contribution in [-0.2, 0) is 21.7 Å². The summed E-state index contributed by atoms with van der Waals surface area (Å²) in [6.45, 7) is 6.17. The summed E-state index contributed by atoms with van der Waals surface area (Å²) in [7, 11) is 0. The van der Waals surface area contributed by atoms with Crippen LogP contribution in [0.2, 0.25) is 5.02 Å². The molecular weight excluding hydrogens is 418 g/mol. The molecule has 0 radical (unpaired) electrons. The molecule has 1 spiro atoms. The highest BCUT2D eigenvalue weighted by molar-refractivity contribution is 6.30. The van der Waals surface area contributed by atoms with Crippen LogP contribution in [0, 0.1) is 5.92 Å². The third kappa shape index (κ3) is 4.70. The van der Waals surface area contributed by atoms with Gasteiger partial charge in [-0.2, -0.15) is 0 Å². The molecule has 2 aromatic rings. The van der Waals surface area contributed by atoms with Gasteiger partial charge in [0.1, 0.15) is 11.4 Å². The number of hydrogen-bond acceptors (Lipinski definition) is 4. The molecule has 2 N–H and O–H groups in total. The summed E-state index contributed by atoms with van der Waals surface area (Å²) < 4.78 is 8.39. The predicted octanol–water partition coefficient (Wildman–Crippen LogP) is 3.23. The molecule has 4 rings (SSSR count). The van der Waals surface area contributed by atoms with Gasteiger partial charge in [0.2, 0.25) is 0 Å². The van der Waals surface area contributed by atoms with Crippen LogP contribution < -0.4 is 10.6 Å². The standard InChI is InChI=1S/C22H28ClN5O3/c1-15(2)13-25-19(29)18-14-28-11-8-24-20(28)22(31-18)6-9-27(10-7-22)21(30)26-17-5-3-4-16(23)12-17/h3-5,8,11-12,15,18H,6-7,9-10,13-14H2,1-2H3,(H,25,29)(H,26,30)/t18-/m1/s1. The second-order valence-electron chi connectivity index (χ2n) is 8.57. The molecule has 0 saturated carbocycles. The lowest BCUT2D eigenvalue weighted by Gasteiger charge is -2.45. The van der Waals surface area contributed by atoms with Crippen molar-refractivity contribution in [3.05, 3.63) is 47.5 Å². The van der Waals surface area contributed by atoms with E-state index in [2.05, 4.69) is 29.5 Å². The maximum atomic E-state index is 12.7. The molecule has 3 heterocycles. The van der Waals surface area contributed by atoms with Crippen molar-refractivity contribution >= 4 is 29.2 Å². The number of nitrogens with one attached hydrogen (secondary N) is 2. The number of benzene rings is 1. The number of carbonyl (C=O) groups is 2. The Morgan fingerprint density at radius 1 is 1.32 bits per heavy atom. The van der Waals surface area contributed by atoms with Gasteiger partial charge in [-0.15, -0.1) is 0 Å². The third-order valence-electron chi connectivity index (χ3n) is 5.76. The molecule has 1 saturated heterocycles. The van der Waals surface area contributed by atoms with Crippen LogP contribution >= 0.6 is 11.6 Å². The van der Waals surface area contributed by atoms with Crippen LogP contribution in [-0.4, -0.2) is 52.1 Å². The lowest BCUT2D eigenvalue weighted by Crippen LogP contribution is -2.55. The maximum Gasteiger partial charge on any atom is 0.321 e. The van der Waals surface area contributed by atoms with E-state index in [4.69, 9.17) is 16.3 Å². The van der Waals surface area contributed by atoms with Crippen LogP contribution in [0.25, 0.3) is 0 Å². The molecule has 0 unspecified atom stereocenters. The minimum Gasteiger partial charge on any atom is -0.354 e. The lowest BCUT2D eigenvalue weighted by atomic mass is 9.88. The normalized spacial score (nSPS) is 19.9. The highest BCUT2D eigenvalue weighted by Crippen LogP contribution is 2.40. The average molecular weight is 446 g/mol. The molecule has 1 fully saturated rings. The molecule has 0 bridgehead atoms. The van der Waals surface area contributed by atoms with Crippen molar-refractivity contribution < 1.29 is 14.3 Å². The summed E-state index contributed by atoms with van der Waals surface area (Å²) in [5.41, 5.74) is -0.0156. The summed E-state index contributed by atoms with van der Waals surface area (Å²) in [4.78, 5) is 31.7. The van der Waals surface area contributed by atoms with E-state index < -0.39 is 11.7 Å². The molecule has 166 valence electrons. The number of aromatic nitrogens is 2. The number of ether oxygens (including phenoxy) is 1. The largest absolute Gasteiger partial charge is 0.354 e. The number of nitrogens with zero attached hydrogens (tertiary/aromatic N) is 3. The number of anilines is 1. The van der Waals surface area contributed by atoms with Gasteiger partial charge in [0, 0.05) is 55.6 Å². The molecule has 31 heavy (non-hydrogen) atoms. The number of piperidine rings is 1. The fourth-order valence-corrected chi connectivity index (χ4v) is 4.32. The fourth-order valence-electron chi connectivity index (χ4n) is 4.13. The monoisotopic (exact) mass is 445 g/mol. The first-order chi connectivity index (χ1) is 14.9. The molecule has 1 aromatic carbocycles. The van der Waals surface area contributed by atoms with Gasteiger partial charge in [-0.05, 0) is 24.1 Å². The van der Waals surface area contributed by atoms with E-state index in [-0.39, 0.29) is 11.9 Å². The highest BCUT2D eigenvalue weighted by Gasteiger charge is 2.47. The van der Waals surface area contributed by atoms with Gasteiger partial charge < -0.3 is 24.8 Å². The first-order valence-corrected chi connectivity index (χ1v) is 11.0. The van der Waals surface area contributed by atoms with Crippen LogP contribution in [0.15, 0.2) is 36.7 Å². The van der Waals surface area contributed by atoms with Crippen LogP contribution in [0.3, 0.4) is 0 Å². The summed E-state index contributed by atoms with van der Waals surface area (Å²) in [6, 6.07) is 6.90. The lowest BCUT2D eigenvalue weighted by molar-refractivity contribution is -0.171. The van der Waals surface area contributed by atoms with Crippen LogP contribution in [0.1, 0.15) is 32.5 Å². The van der Waals surface area contributed by atoms with Gasteiger partial charge in [-0.3, -0.25) is 4.79 Å². The van der Waals surface area contributed by atoms with Crippen molar-refractivity contribution in [3.63, 3.8) is 0 Å². The van der Waals surface area contributed by atoms with E-state index in [9.17, 15) is 9.59 Å². The third-order valence-corrected chi connectivity index (χ3v) is 6.00. The zero-order valence-corrected chi connectivity index (χ0v) is 18.6. The number of rotatable bonds is 4. The molecule has 0 aliphatic carbocycles. The molecule has 1 atom stereocenters. The van der Waals surface area contributed by atoms with Crippen molar-refractivity contribution in [1.82, 2.24) is 19.8 Å². The van der Waals surface area contributed by atoms with Crippen LogP contribution in [0.5, 0.6) is 0 Å². The summed E-state index contributed by atoms with van der Waals surface area (Å²) in [6.07, 6.45) is 4.20. The first kappa shape index (κ1) is 21.6. The van der Waals surface area contributed by atoms with E-state index in [1.807, 2.05) is 10.8 Å². The number of urea groups is 1. The Labute approximate surface area is 186 Å². The molecule has 8 nitrogen and oxygen atoms in total. The number of amides is 3. The second kappa shape index (κ2) is 8.88. The molecular formula is C22H28ClN5O3. The van der Waals surface area contributed by atoms with Crippen molar-refractivity contribution in [3.8, 4) is 0 Å². The second-order valence-corrected chi connectivity index (χ2v) is 9.01. The number of carbonyl (C=O) groups excluding carboxylic acids is 2. The van der Waals surface area contributed by atoms with E-state index in [0.29, 0.717) is 55.6 Å². The van der Waals surface area contributed by atoms with Crippen LogP contribution in [0.4, 0.5) is 10.5 Å². The van der Waals surface area contributed by atoms with Crippen molar-refractivity contribution in [1.29, 1.82) is 0 Å². The van der Waals surface area contributed by atoms with E-state index in [1.165, 1.54) is 0 Å². The average Bonchev–Trinajstić information content (AvgIpc) is 3.22. The minimum absolute atomic E-state index is 0.103. The number of hydrogen-bond donors (Lipinski definition) is 2. The number of halogens is 1. The summed E-state index contributed by atoms with van der Waals surface area (Å²) >= 11 is 6.00. The zero-order valence-electron chi connectivity index (χ0n) is 17.8. The molecule has 2 aliphatic heterocycles. The Morgan fingerprint density at radius 2 is 2.10 bits per heavy atom. The summed E-state index contributed by atoms with van der Waals surface area (Å²) in [5.74, 6) is 1.09. The van der Waals surface area contributed by atoms with Gasteiger partial charge >= 0.3 is 6.03 Å². The molecule has 2 aliphatic rings. The Bertz CT molecular complexity index is 952.